The average molecular weight is 251 g/mol. The molecule has 2 rings (SSSR count). The van der Waals surface area contributed by atoms with Crippen molar-refractivity contribution in [1.29, 1.82) is 0 Å². The predicted octanol–water partition coefficient (Wildman–Crippen LogP) is -2.20. The van der Waals surface area contributed by atoms with Crippen molar-refractivity contribution in [2.45, 2.75) is 12.0 Å². The second-order valence-electron chi connectivity index (χ2n) is 4.02. The highest BCUT2D eigenvalue weighted by Gasteiger charge is 2.38. The molecule has 18 heavy (non-hydrogen) atoms. The van der Waals surface area contributed by atoms with Gasteiger partial charge in [-0.25, -0.2) is 9.78 Å². The summed E-state index contributed by atoms with van der Waals surface area (Å²) in [4.78, 5) is 33.2. The summed E-state index contributed by atoms with van der Waals surface area (Å²) in [6.07, 6.45) is 3.36. The van der Waals surface area contributed by atoms with E-state index in [4.69, 9.17) is 11.5 Å². The maximum atomic E-state index is 11.9. The van der Waals surface area contributed by atoms with Gasteiger partial charge in [-0.2, -0.15) is 0 Å². The fourth-order valence-corrected chi connectivity index (χ4v) is 1.61. The maximum absolute atomic E-state index is 11.9. The largest absolute Gasteiger partial charge is 0.351 e. The van der Waals surface area contributed by atoms with Crippen LogP contribution in [0.25, 0.3) is 0 Å². The van der Waals surface area contributed by atoms with Gasteiger partial charge in [0, 0.05) is 18.3 Å². The van der Waals surface area contributed by atoms with Crippen LogP contribution in [0.1, 0.15) is 5.69 Å². The number of imidazole rings is 1. The van der Waals surface area contributed by atoms with Crippen LogP contribution in [-0.2, 0) is 11.2 Å². The first-order valence-corrected chi connectivity index (χ1v) is 5.18. The second kappa shape index (κ2) is 4.45. The summed E-state index contributed by atoms with van der Waals surface area (Å²) in [5.74, 6) is -0.422. The number of carbonyl (C=O) groups is 2. The number of guanidine groups is 1. The maximum Gasteiger partial charge on any atom is 0.318 e. The Morgan fingerprint density at radius 2 is 2.39 bits per heavy atom. The Hall–Kier alpha value is -2.42. The zero-order valence-electron chi connectivity index (χ0n) is 9.43. The molecule has 1 aromatic rings. The lowest BCUT2D eigenvalue weighted by Gasteiger charge is -2.30. The predicted molar refractivity (Wildman–Crippen MR) is 62.4 cm³/mol. The minimum absolute atomic E-state index is 0.0122. The van der Waals surface area contributed by atoms with E-state index in [1.54, 1.807) is 6.20 Å². The number of urea groups is 1. The molecule has 1 aliphatic rings. The summed E-state index contributed by atoms with van der Waals surface area (Å²) >= 11 is 0. The number of nitrogens with two attached hydrogens (primary N) is 2. The molecule has 7 N–H and O–H groups in total. The van der Waals surface area contributed by atoms with Crippen LogP contribution in [0, 0.1) is 0 Å². The Balaban J connectivity index is 2.09. The number of hydrogen-bond donors (Lipinski definition) is 5. The van der Waals surface area contributed by atoms with Gasteiger partial charge in [-0.15, -0.1) is 0 Å². The highest BCUT2D eigenvalue weighted by atomic mass is 16.2. The van der Waals surface area contributed by atoms with Gasteiger partial charge in [-0.05, 0) is 0 Å². The molecule has 9 heteroatoms. The second-order valence-corrected chi connectivity index (χ2v) is 4.02. The van der Waals surface area contributed by atoms with Gasteiger partial charge in [-0.3, -0.25) is 20.4 Å². The number of nitrogens with zero attached hydrogens (tertiary/aromatic N) is 2. The van der Waals surface area contributed by atoms with Gasteiger partial charge >= 0.3 is 6.03 Å². The number of rotatable bonds is 2. The van der Waals surface area contributed by atoms with E-state index >= 15 is 0 Å². The van der Waals surface area contributed by atoms with Gasteiger partial charge < -0.3 is 16.5 Å². The highest BCUT2D eigenvalue weighted by Crippen LogP contribution is 2.12. The van der Waals surface area contributed by atoms with E-state index in [-0.39, 0.29) is 18.9 Å². The van der Waals surface area contributed by atoms with E-state index < -0.39 is 17.5 Å². The van der Waals surface area contributed by atoms with Crippen molar-refractivity contribution < 1.29 is 9.59 Å². The third-order valence-electron chi connectivity index (χ3n) is 2.51. The van der Waals surface area contributed by atoms with Crippen LogP contribution in [0.2, 0.25) is 0 Å². The fourth-order valence-electron chi connectivity index (χ4n) is 1.61. The van der Waals surface area contributed by atoms with E-state index in [1.165, 1.54) is 6.33 Å². The molecule has 96 valence electrons. The quantitative estimate of drug-likeness (QED) is 0.405. The number of aromatic nitrogens is 2. The molecule has 0 saturated heterocycles. The van der Waals surface area contributed by atoms with Crippen LogP contribution < -0.4 is 22.1 Å². The van der Waals surface area contributed by atoms with Crippen LogP contribution in [0.4, 0.5) is 4.79 Å². The lowest BCUT2D eigenvalue weighted by atomic mass is 9.93. The number of aliphatic imine (C=N–C) groups is 1. The standard InChI is InChI=1S/C9H13N7O2/c10-7(18)16-8-13-3-9(11,6(17)15-8)1-5-2-12-4-14-5/h2,4H,1,3,11H2,(H,12,14)(H4,10,13,15,16,17,18)/t9-/m1/s1. The molecule has 0 aromatic carbocycles. The molecule has 0 radical (unpaired) electrons. The summed E-state index contributed by atoms with van der Waals surface area (Å²) in [7, 11) is 0. The minimum atomic E-state index is -1.17. The summed E-state index contributed by atoms with van der Waals surface area (Å²) in [5, 5.41) is 4.58. The number of carbonyl (C=O) groups excluding carboxylic acids is 2. The summed E-state index contributed by atoms with van der Waals surface area (Å²) in [6.45, 7) is 0.0491. The molecule has 0 saturated carbocycles. The first-order chi connectivity index (χ1) is 8.49. The van der Waals surface area contributed by atoms with E-state index in [0.29, 0.717) is 0 Å². The van der Waals surface area contributed by atoms with E-state index in [0.717, 1.165) is 5.69 Å². The smallest absolute Gasteiger partial charge is 0.318 e. The molecular formula is C9H13N7O2. The number of aromatic amines is 1. The minimum Gasteiger partial charge on any atom is -0.351 e. The highest BCUT2D eigenvalue weighted by molar-refractivity contribution is 6.08. The monoisotopic (exact) mass is 251 g/mol. The number of hydrogen-bond acceptors (Lipinski definition) is 5. The zero-order chi connectivity index (χ0) is 13.2. The van der Waals surface area contributed by atoms with Crippen molar-refractivity contribution in [2.24, 2.45) is 16.5 Å². The van der Waals surface area contributed by atoms with Crippen molar-refractivity contribution in [3.8, 4) is 0 Å². The molecule has 9 nitrogen and oxygen atoms in total. The van der Waals surface area contributed by atoms with Crippen LogP contribution in [-0.4, -0.2) is 39.9 Å². The Kier molecular flexibility index (Phi) is 2.98. The van der Waals surface area contributed by atoms with Crippen molar-refractivity contribution in [2.75, 3.05) is 6.54 Å². The Morgan fingerprint density at radius 1 is 1.61 bits per heavy atom. The third-order valence-corrected chi connectivity index (χ3v) is 2.51. The van der Waals surface area contributed by atoms with Crippen molar-refractivity contribution in [3.05, 3.63) is 18.2 Å². The number of nitrogens with one attached hydrogen (secondary N) is 3. The van der Waals surface area contributed by atoms with Gasteiger partial charge in [0.05, 0.1) is 12.9 Å². The fraction of sp³-hybridized carbons (Fsp3) is 0.333. The molecular weight excluding hydrogens is 238 g/mol. The van der Waals surface area contributed by atoms with Gasteiger partial charge in [0.1, 0.15) is 5.54 Å². The average Bonchev–Trinajstić information content (AvgIpc) is 2.76. The first-order valence-electron chi connectivity index (χ1n) is 5.18. The molecule has 1 aromatic heterocycles. The molecule has 0 fully saturated rings. The lowest BCUT2D eigenvalue weighted by molar-refractivity contribution is -0.125. The summed E-state index contributed by atoms with van der Waals surface area (Å²) in [6, 6.07) is -0.799. The third kappa shape index (κ3) is 2.46. The molecule has 0 unspecified atom stereocenters. The van der Waals surface area contributed by atoms with Crippen molar-refractivity contribution in [3.63, 3.8) is 0 Å². The first kappa shape index (κ1) is 12.0. The van der Waals surface area contributed by atoms with Gasteiger partial charge in [-0.1, -0.05) is 0 Å². The molecule has 1 atom stereocenters. The van der Waals surface area contributed by atoms with Gasteiger partial charge in [0.15, 0.2) is 0 Å². The molecule has 0 spiro atoms. The van der Waals surface area contributed by atoms with Crippen LogP contribution in [0.5, 0.6) is 0 Å². The van der Waals surface area contributed by atoms with E-state index in [9.17, 15) is 9.59 Å². The van der Waals surface area contributed by atoms with Crippen LogP contribution in [0.3, 0.4) is 0 Å². The Morgan fingerprint density at radius 3 is 2.94 bits per heavy atom. The van der Waals surface area contributed by atoms with Gasteiger partial charge in [0.25, 0.3) is 0 Å². The number of amides is 3. The molecule has 0 bridgehead atoms. The summed E-state index contributed by atoms with van der Waals surface area (Å²) in [5.41, 5.74) is 10.5. The lowest BCUT2D eigenvalue weighted by Crippen LogP contribution is -2.64. The Labute approximate surface area is 102 Å². The number of primary amides is 1. The SMILES string of the molecule is NC(=O)NC1=NC[C@](N)(Cc2cnc[nH]2)C(=O)N1. The van der Waals surface area contributed by atoms with E-state index in [1.807, 2.05) is 0 Å². The van der Waals surface area contributed by atoms with Crippen LogP contribution >= 0.6 is 0 Å². The number of H-pyrrole nitrogens is 1. The Bertz CT molecular complexity index is 495. The molecule has 1 aliphatic heterocycles. The van der Waals surface area contributed by atoms with Crippen molar-refractivity contribution >= 4 is 17.9 Å². The van der Waals surface area contributed by atoms with E-state index in [2.05, 4.69) is 25.6 Å². The normalized spacial score (nSPS) is 23.2. The topological polar surface area (TPSA) is 151 Å². The van der Waals surface area contributed by atoms with Crippen LogP contribution in [0.15, 0.2) is 17.5 Å². The van der Waals surface area contributed by atoms with Crippen molar-refractivity contribution in [1.82, 2.24) is 20.6 Å². The molecule has 2 heterocycles. The molecule has 3 amide bonds. The molecule has 0 aliphatic carbocycles. The zero-order valence-corrected chi connectivity index (χ0v) is 9.43. The summed E-state index contributed by atoms with van der Waals surface area (Å²) < 4.78 is 0. The van der Waals surface area contributed by atoms with Gasteiger partial charge in [0.2, 0.25) is 11.9 Å².